The molecule has 0 unspecified atom stereocenters. The summed E-state index contributed by atoms with van der Waals surface area (Å²) in [5.41, 5.74) is 1.48. The quantitative estimate of drug-likeness (QED) is 0.771. The molecule has 0 saturated carbocycles. The summed E-state index contributed by atoms with van der Waals surface area (Å²) >= 11 is 1.53. The van der Waals surface area contributed by atoms with Gasteiger partial charge in [-0.1, -0.05) is 0 Å². The predicted octanol–water partition coefficient (Wildman–Crippen LogP) is 3.59. The fourth-order valence-electron chi connectivity index (χ4n) is 2.17. The highest BCUT2D eigenvalue weighted by atomic mass is 32.1. The maximum Gasteiger partial charge on any atom is 0.224 e. The van der Waals surface area contributed by atoms with Gasteiger partial charge in [-0.25, -0.2) is 9.97 Å². The van der Waals surface area contributed by atoms with Gasteiger partial charge in [0.2, 0.25) is 5.88 Å². The second-order valence-corrected chi connectivity index (χ2v) is 6.13. The number of methoxy groups -OCH3 is 2. The SMILES string of the molecule is COc1ccc2c(OC)nc(-c3csc(NC(C)C)n3)nc2c1. The van der Waals surface area contributed by atoms with Gasteiger partial charge in [-0.15, -0.1) is 11.3 Å². The molecular formula is C16H18N4O2S. The third-order valence-corrected chi connectivity index (χ3v) is 3.98. The zero-order valence-corrected chi connectivity index (χ0v) is 14.3. The average Bonchev–Trinajstić information content (AvgIpc) is 3.00. The molecule has 23 heavy (non-hydrogen) atoms. The molecule has 0 saturated heterocycles. The van der Waals surface area contributed by atoms with E-state index in [9.17, 15) is 0 Å². The van der Waals surface area contributed by atoms with Gasteiger partial charge < -0.3 is 14.8 Å². The molecule has 7 heteroatoms. The summed E-state index contributed by atoms with van der Waals surface area (Å²) in [5.74, 6) is 1.80. The Labute approximate surface area is 138 Å². The monoisotopic (exact) mass is 330 g/mol. The summed E-state index contributed by atoms with van der Waals surface area (Å²) in [5, 5.41) is 6.91. The Hall–Kier alpha value is -2.41. The smallest absolute Gasteiger partial charge is 0.224 e. The molecule has 2 aromatic heterocycles. The topological polar surface area (TPSA) is 69.2 Å². The summed E-state index contributed by atoms with van der Waals surface area (Å²) in [6, 6.07) is 5.94. The first kappa shape index (κ1) is 15.5. The minimum Gasteiger partial charge on any atom is -0.497 e. The molecule has 3 aromatic rings. The van der Waals surface area contributed by atoms with Crippen LogP contribution in [0.1, 0.15) is 13.8 Å². The van der Waals surface area contributed by atoms with E-state index in [1.165, 1.54) is 11.3 Å². The number of ether oxygens (including phenoxy) is 2. The highest BCUT2D eigenvalue weighted by Gasteiger charge is 2.13. The first-order valence-corrected chi connectivity index (χ1v) is 8.11. The van der Waals surface area contributed by atoms with Crippen molar-refractivity contribution in [2.45, 2.75) is 19.9 Å². The van der Waals surface area contributed by atoms with Crippen LogP contribution in [0.3, 0.4) is 0 Å². The van der Waals surface area contributed by atoms with Crippen LogP contribution in [0.25, 0.3) is 22.4 Å². The van der Waals surface area contributed by atoms with Crippen molar-refractivity contribution in [3.8, 4) is 23.1 Å². The van der Waals surface area contributed by atoms with E-state index in [2.05, 4.69) is 34.1 Å². The molecule has 1 aromatic carbocycles. The van der Waals surface area contributed by atoms with Crippen LogP contribution in [0.15, 0.2) is 23.6 Å². The maximum absolute atomic E-state index is 5.40. The highest BCUT2D eigenvalue weighted by Crippen LogP contribution is 2.30. The van der Waals surface area contributed by atoms with E-state index in [0.29, 0.717) is 17.7 Å². The van der Waals surface area contributed by atoms with Gasteiger partial charge in [-0.05, 0) is 26.0 Å². The largest absolute Gasteiger partial charge is 0.497 e. The van der Waals surface area contributed by atoms with E-state index in [-0.39, 0.29) is 0 Å². The summed E-state index contributed by atoms with van der Waals surface area (Å²) in [7, 11) is 3.23. The molecule has 6 nitrogen and oxygen atoms in total. The Balaban J connectivity index is 2.08. The molecule has 0 bridgehead atoms. The molecule has 0 spiro atoms. The lowest BCUT2D eigenvalue weighted by Crippen LogP contribution is -2.09. The fraction of sp³-hybridized carbons (Fsp3) is 0.312. The standard InChI is InChI=1S/C16H18N4O2S/c1-9(2)17-16-19-13(8-23-16)14-18-12-7-10(21-3)5-6-11(12)15(20-14)22-4/h5-9H,1-4H3,(H,17,19). The van der Waals surface area contributed by atoms with Crippen LogP contribution in [-0.4, -0.2) is 35.2 Å². The molecule has 120 valence electrons. The molecule has 0 aliphatic carbocycles. The van der Waals surface area contributed by atoms with Gasteiger partial charge in [0.1, 0.15) is 11.4 Å². The maximum atomic E-state index is 5.40. The van der Waals surface area contributed by atoms with Gasteiger partial charge in [0, 0.05) is 17.5 Å². The third-order valence-electron chi connectivity index (χ3n) is 3.21. The Morgan fingerprint density at radius 2 is 1.91 bits per heavy atom. The van der Waals surface area contributed by atoms with E-state index in [0.717, 1.165) is 27.5 Å². The number of aromatic nitrogens is 3. The lowest BCUT2D eigenvalue weighted by molar-refractivity contribution is 0.402. The number of hydrogen-bond donors (Lipinski definition) is 1. The number of nitrogens with zero attached hydrogens (tertiary/aromatic N) is 3. The second-order valence-electron chi connectivity index (χ2n) is 5.28. The van der Waals surface area contributed by atoms with Gasteiger partial charge in [-0.3, -0.25) is 0 Å². The van der Waals surface area contributed by atoms with Gasteiger partial charge in [-0.2, -0.15) is 4.98 Å². The number of thiazole rings is 1. The van der Waals surface area contributed by atoms with Crippen LogP contribution < -0.4 is 14.8 Å². The van der Waals surface area contributed by atoms with E-state index in [4.69, 9.17) is 9.47 Å². The number of hydrogen-bond acceptors (Lipinski definition) is 7. The summed E-state index contributed by atoms with van der Waals surface area (Å²) in [6.45, 7) is 4.14. The molecule has 0 fully saturated rings. The number of anilines is 1. The number of rotatable bonds is 5. The van der Waals surface area contributed by atoms with Crippen LogP contribution in [0.5, 0.6) is 11.6 Å². The van der Waals surface area contributed by atoms with Crippen molar-refractivity contribution in [2.24, 2.45) is 0 Å². The molecule has 0 amide bonds. The Kier molecular flexibility index (Phi) is 4.29. The Bertz CT molecular complexity index is 832. The van der Waals surface area contributed by atoms with Crippen LogP contribution in [0.2, 0.25) is 0 Å². The van der Waals surface area contributed by atoms with Crippen LogP contribution in [-0.2, 0) is 0 Å². The molecule has 0 atom stereocenters. The number of nitrogens with one attached hydrogen (secondary N) is 1. The molecule has 0 radical (unpaired) electrons. The first-order valence-electron chi connectivity index (χ1n) is 7.23. The van der Waals surface area contributed by atoms with Crippen molar-refractivity contribution in [3.05, 3.63) is 23.6 Å². The summed E-state index contributed by atoms with van der Waals surface area (Å²) < 4.78 is 10.7. The van der Waals surface area contributed by atoms with E-state index >= 15 is 0 Å². The molecule has 0 aliphatic heterocycles. The van der Waals surface area contributed by atoms with Crippen LogP contribution >= 0.6 is 11.3 Å². The van der Waals surface area contributed by atoms with Crippen molar-refractivity contribution in [3.63, 3.8) is 0 Å². The summed E-state index contributed by atoms with van der Waals surface area (Å²) in [6.07, 6.45) is 0. The first-order chi connectivity index (χ1) is 11.1. The van der Waals surface area contributed by atoms with Gasteiger partial charge in [0.25, 0.3) is 0 Å². The summed E-state index contributed by atoms with van der Waals surface area (Å²) in [4.78, 5) is 13.6. The lowest BCUT2D eigenvalue weighted by atomic mass is 10.2. The van der Waals surface area contributed by atoms with Gasteiger partial charge >= 0.3 is 0 Å². The van der Waals surface area contributed by atoms with Crippen LogP contribution in [0.4, 0.5) is 5.13 Å². The average molecular weight is 330 g/mol. The lowest BCUT2D eigenvalue weighted by Gasteiger charge is -2.08. The molecule has 0 aliphatic rings. The van der Waals surface area contributed by atoms with Crippen molar-refractivity contribution in [2.75, 3.05) is 19.5 Å². The van der Waals surface area contributed by atoms with Crippen molar-refractivity contribution in [1.29, 1.82) is 0 Å². The van der Waals surface area contributed by atoms with E-state index in [1.807, 2.05) is 23.6 Å². The molecule has 1 N–H and O–H groups in total. The molecule has 3 rings (SSSR count). The minimum atomic E-state index is 0.324. The fourth-order valence-corrected chi connectivity index (χ4v) is 3.00. The minimum absolute atomic E-state index is 0.324. The van der Waals surface area contributed by atoms with Gasteiger partial charge in [0.15, 0.2) is 11.0 Å². The number of fused-ring (bicyclic) bond motifs is 1. The highest BCUT2D eigenvalue weighted by molar-refractivity contribution is 7.14. The van der Waals surface area contributed by atoms with Crippen molar-refractivity contribution < 1.29 is 9.47 Å². The number of benzene rings is 1. The van der Waals surface area contributed by atoms with Gasteiger partial charge in [0.05, 0.1) is 25.1 Å². The zero-order valence-electron chi connectivity index (χ0n) is 13.5. The molecular weight excluding hydrogens is 312 g/mol. The second kappa shape index (κ2) is 6.37. The van der Waals surface area contributed by atoms with E-state index < -0.39 is 0 Å². The van der Waals surface area contributed by atoms with Crippen molar-refractivity contribution >= 4 is 27.4 Å². The predicted molar refractivity (Wildman–Crippen MR) is 92.5 cm³/mol. The third kappa shape index (κ3) is 3.19. The zero-order chi connectivity index (χ0) is 16.4. The van der Waals surface area contributed by atoms with E-state index in [1.54, 1.807) is 14.2 Å². The molecule has 2 heterocycles. The Morgan fingerprint density at radius 3 is 2.61 bits per heavy atom. The Morgan fingerprint density at radius 1 is 1.09 bits per heavy atom. The normalized spacial score (nSPS) is 11.0. The van der Waals surface area contributed by atoms with Crippen LogP contribution in [0, 0.1) is 0 Å². The van der Waals surface area contributed by atoms with Crippen molar-refractivity contribution in [1.82, 2.24) is 15.0 Å².